The highest BCUT2D eigenvalue weighted by Crippen LogP contribution is 2.33. The smallest absolute Gasteiger partial charge is 0.212 e. The summed E-state index contributed by atoms with van der Waals surface area (Å²) in [6.07, 6.45) is 1.81. The van der Waals surface area contributed by atoms with E-state index in [1.165, 1.54) is 0 Å². The van der Waals surface area contributed by atoms with Crippen LogP contribution in [0.2, 0.25) is 0 Å². The minimum Gasteiger partial charge on any atom is -0.486 e. The SMILES string of the molecule is COc1ccc(CNCc2cccc3c2OCCO3)cn1. The largest absolute Gasteiger partial charge is 0.486 e. The first-order valence-corrected chi connectivity index (χ1v) is 6.94. The Labute approximate surface area is 123 Å². The van der Waals surface area contributed by atoms with E-state index >= 15 is 0 Å². The quantitative estimate of drug-likeness (QED) is 0.912. The zero-order valence-corrected chi connectivity index (χ0v) is 12.0. The van der Waals surface area contributed by atoms with E-state index in [-0.39, 0.29) is 0 Å². The number of aromatic nitrogens is 1. The van der Waals surface area contributed by atoms with E-state index in [2.05, 4.69) is 10.3 Å². The van der Waals surface area contributed by atoms with Crippen molar-refractivity contribution in [2.75, 3.05) is 20.3 Å². The lowest BCUT2D eigenvalue weighted by Gasteiger charge is -2.21. The molecule has 0 unspecified atom stereocenters. The van der Waals surface area contributed by atoms with E-state index in [4.69, 9.17) is 14.2 Å². The molecular formula is C16H18N2O3. The van der Waals surface area contributed by atoms with Crippen molar-refractivity contribution >= 4 is 0 Å². The average Bonchev–Trinajstić information content (AvgIpc) is 2.56. The van der Waals surface area contributed by atoms with Gasteiger partial charge in [-0.05, 0) is 11.6 Å². The number of para-hydroxylation sites is 1. The van der Waals surface area contributed by atoms with Crippen LogP contribution < -0.4 is 19.5 Å². The minimum atomic E-state index is 0.604. The molecule has 1 aromatic heterocycles. The molecule has 1 aliphatic heterocycles. The van der Waals surface area contributed by atoms with Crippen LogP contribution in [0.3, 0.4) is 0 Å². The van der Waals surface area contributed by atoms with Gasteiger partial charge in [0.2, 0.25) is 5.88 Å². The van der Waals surface area contributed by atoms with Crippen LogP contribution in [0.4, 0.5) is 0 Å². The summed E-state index contributed by atoms with van der Waals surface area (Å²) >= 11 is 0. The lowest BCUT2D eigenvalue weighted by atomic mass is 10.1. The second kappa shape index (κ2) is 6.45. The van der Waals surface area contributed by atoms with Crippen molar-refractivity contribution in [1.29, 1.82) is 0 Å². The Bertz CT molecular complexity index is 599. The van der Waals surface area contributed by atoms with Crippen LogP contribution in [0.15, 0.2) is 36.5 Å². The van der Waals surface area contributed by atoms with Crippen LogP contribution in [0, 0.1) is 0 Å². The molecule has 0 fully saturated rings. The Hall–Kier alpha value is -2.27. The highest BCUT2D eigenvalue weighted by Gasteiger charge is 2.14. The standard InChI is InChI=1S/C16H18N2O3/c1-19-15-6-5-12(10-18-15)9-17-11-13-3-2-4-14-16(13)21-8-7-20-14/h2-6,10,17H,7-9,11H2,1H3. The maximum Gasteiger partial charge on any atom is 0.212 e. The molecule has 5 heteroatoms. The predicted molar refractivity (Wildman–Crippen MR) is 78.8 cm³/mol. The van der Waals surface area contributed by atoms with E-state index in [0.717, 1.165) is 35.7 Å². The molecule has 1 aliphatic rings. The fourth-order valence-corrected chi connectivity index (χ4v) is 2.25. The van der Waals surface area contributed by atoms with Gasteiger partial charge < -0.3 is 19.5 Å². The van der Waals surface area contributed by atoms with Gasteiger partial charge >= 0.3 is 0 Å². The highest BCUT2D eigenvalue weighted by atomic mass is 16.6. The first-order chi connectivity index (χ1) is 10.4. The number of nitrogens with one attached hydrogen (secondary N) is 1. The van der Waals surface area contributed by atoms with Gasteiger partial charge in [-0.1, -0.05) is 18.2 Å². The second-order valence-corrected chi connectivity index (χ2v) is 4.75. The van der Waals surface area contributed by atoms with Gasteiger partial charge in [0, 0.05) is 30.9 Å². The second-order valence-electron chi connectivity index (χ2n) is 4.75. The topological polar surface area (TPSA) is 52.6 Å². The summed E-state index contributed by atoms with van der Waals surface area (Å²) < 4.78 is 16.3. The van der Waals surface area contributed by atoms with Gasteiger partial charge in [0.15, 0.2) is 11.5 Å². The van der Waals surface area contributed by atoms with Crippen molar-refractivity contribution < 1.29 is 14.2 Å². The third-order valence-corrected chi connectivity index (χ3v) is 3.30. The van der Waals surface area contributed by atoms with Gasteiger partial charge in [0.25, 0.3) is 0 Å². The summed E-state index contributed by atoms with van der Waals surface area (Å²) in [4.78, 5) is 4.19. The van der Waals surface area contributed by atoms with Crippen molar-refractivity contribution in [3.63, 3.8) is 0 Å². The molecule has 0 spiro atoms. The Morgan fingerprint density at radius 3 is 2.86 bits per heavy atom. The van der Waals surface area contributed by atoms with Crippen LogP contribution in [0.25, 0.3) is 0 Å². The molecule has 5 nitrogen and oxygen atoms in total. The van der Waals surface area contributed by atoms with Crippen LogP contribution in [0.5, 0.6) is 17.4 Å². The normalized spacial score (nSPS) is 13.0. The maximum atomic E-state index is 5.69. The number of pyridine rings is 1. The fraction of sp³-hybridized carbons (Fsp3) is 0.312. The summed E-state index contributed by atoms with van der Waals surface area (Å²) in [5.41, 5.74) is 2.21. The number of methoxy groups -OCH3 is 1. The molecule has 0 radical (unpaired) electrons. The van der Waals surface area contributed by atoms with Crippen LogP contribution in [0.1, 0.15) is 11.1 Å². The molecule has 3 rings (SSSR count). The molecule has 21 heavy (non-hydrogen) atoms. The predicted octanol–water partition coefficient (Wildman–Crippen LogP) is 2.15. The molecule has 0 bridgehead atoms. The monoisotopic (exact) mass is 286 g/mol. The zero-order valence-electron chi connectivity index (χ0n) is 12.0. The third-order valence-electron chi connectivity index (χ3n) is 3.30. The summed E-state index contributed by atoms with van der Waals surface area (Å²) in [6, 6.07) is 9.83. The molecule has 0 saturated heterocycles. The minimum absolute atomic E-state index is 0.604. The molecular weight excluding hydrogens is 268 g/mol. The molecule has 110 valence electrons. The first-order valence-electron chi connectivity index (χ1n) is 6.94. The van der Waals surface area contributed by atoms with E-state index in [1.807, 2.05) is 36.5 Å². The molecule has 1 N–H and O–H groups in total. The molecule has 0 saturated carbocycles. The van der Waals surface area contributed by atoms with Crippen molar-refractivity contribution in [2.45, 2.75) is 13.1 Å². The van der Waals surface area contributed by atoms with Crippen LogP contribution in [-0.4, -0.2) is 25.3 Å². The van der Waals surface area contributed by atoms with Crippen LogP contribution >= 0.6 is 0 Å². The van der Waals surface area contributed by atoms with E-state index in [1.54, 1.807) is 7.11 Å². The molecule has 0 aliphatic carbocycles. The van der Waals surface area contributed by atoms with E-state index in [0.29, 0.717) is 19.1 Å². The fourth-order valence-electron chi connectivity index (χ4n) is 2.25. The van der Waals surface area contributed by atoms with Crippen molar-refractivity contribution in [3.05, 3.63) is 47.7 Å². The Morgan fingerprint density at radius 1 is 1.14 bits per heavy atom. The molecule has 0 atom stereocenters. The van der Waals surface area contributed by atoms with Gasteiger partial charge in [-0.3, -0.25) is 0 Å². The number of hydrogen-bond donors (Lipinski definition) is 1. The Kier molecular flexibility index (Phi) is 4.21. The van der Waals surface area contributed by atoms with Crippen molar-refractivity contribution in [2.24, 2.45) is 0 Å². The Balaban J connectivity index is 1.60. The van der Waals surface area contributed by atoms with Gasteiger partial charge in [0.05, 0.1) is 7.11 Å². The summed E-state index contributed by atoms with van der Waals surface area (Å²) in [5, 5.41) is 3.39. The highest BCUT2D eigenvalue weighted by molar-refractivity contribution is 5.47. The van der Waals surface area contributed by atoms with Crippen molar-refractivity contribution in [3.8, 4) is 17.4 Å². The number of hydrogen-bond acceptors (Lipinski definition) is 5. The molecule has 2 aromatic rings. The number of nitrogens with zero attached hydrogens (tertiary/aromatic N) is 1. The van der Waals surface area contributed by atoms with Gasteiger partial charge in [0.1, 0.15) is 13.2 Å². The zero-order chi connectivity index (χ0) is 14.5. The van der Waals surface area contributed by atoms with Gasteiger partial charge in [-0.25, -0.2) is 4.98 Å². The Morgan fingerprint density at radius 2 is 2.05 bits per heavy atom. The lowest BCUT2D eigenvalue weighted by Crippen LogP contribution is -2.19. The van der Waals surface area contributed by atoms with Gasteiger partial charge in [-0.15, -0.1) is 0 Å². The average molecular weight is 286 g/mol. The molecule has 2 heterocycles. The number of benzene rings is 1. The maximum absolute atomic E-state index is 5.69. The number of rotatable bonds is 5. The van der Waals surface area contributed by atoms with Crippen LogP contribution in [-0.2, 0) is 13.1 Å². The summed E-state index contributed by atoms with van der Waals surface area (Å²) in [7, 11) is 1.61. The lowest BCUT2D eigenvalue weighted by molar-refractivity contribution is 0.169. The number of fused-ring (bicyclic) bond motifs is 1. The molecule has 1 aromatic carbocycles. The van der Waals surface area contributed by atoms with Crippen molar-refractivity contribution in [1.82, 2.24) is 10.3 Å². The van der Waals surface area contributed by atoms with E-state index in [9.17, 15) is 0 Å². The molecule has 0 amide bonds. The third kappa shape index (κ3) is 3.25. The van der Waals surface area contributed by atoms with Gasteiger partial charge in [-0.2, -0.15) is 0 Å². The summed E-state index contributed by atoms with van der Waals surface area (Å²) in [6.45, 7) is 2.67. The number of ether oxygens (including phenoxy) is 3. The summed E-state index contributed by atoms with van der Waals surface area (Å²) in [5.74, 6) is 2.30. The first kappa shape index (κ1) is 13.7. The van der Waals surface area contributed by atoms with E-state index < -0.39 is 0 Å².